The van der Waals surface area contributed by atoms with Crippen LogP contribution in [0.4, 0.5) is 0 Å². The molecule has 0 fully saturated rings. The Kier molecular flexibility index (Phi) is 4.24. The van der Waals surface area contributed by atoms with Crippen molar-refractivity contribution in [2.75, 3.05) is 7.11 Å². The van der Waals surface area contributed by atoms with Gasteiger partial charge in [-0.3, -0.25) is 4.79 Å². The molecule has 0 aromatic heterocycles. The number of cyclic esters (lactones) is 1. The Morgan fingerprint density at radius 2 is 1.57 bits per heavy atom. The lowest BCUT2D eigenvalue weighted by atomic mass is 9.92. The van der Waals surface area contributed by atoms with Crippen LogP contribution in [0.25, 0.3) is 5.57 Å². The summed E-state index contributed by atoms with van der Waals surface area (Å²) in [6, 6.07) is 18.5. The van der Waals surface area contributed by atoms with Crippen LogP contribution in [0.1, 0.15) is 11.1 Å². The van der Waals surface area contributed by atoms with Gasteiger partial charge in [0.1, 0.15) is 0 Å². The average molecular weight is 308 g/mol. The third kappa shape index (κ3) is 3.01. The van der Waals surface area contributed by atoms with Crippen LogP contribution in [0.5, 0.6) is 0 Å². The van der Waals surface area contributed by atoms with E-state index in [4.69, 9.17) is 9.47 Å². The van der Waals surface area contributed by atoms with Crippen LogP contribution in [0, 0.1) is 0 Å². The summed E-state index contributed by atoms with van der Waals surface area (Å²) in [6.45, 7) is 0. The van der Waals surface area contributed by atoms with Gasteiger partial charge in [-0.1, -0.05) is 60.7 Å². The number of esters is 1. The van der Waals surface area contributed by atoms with Crippen molar-refractivity contribution in [3.63, 3.8) is 0 Å². The van der Waals surface area contributed by atoms with E-state index in [0.29, 0.717) is 12.0 Å². The highest BCUT2D eigenvalue weighted by molar-refractivity contribution is 6.29. The van der Waals surface area contributed by atoms with E-state index in [2.05, 4.69) is 0 Å². The van der Waals surface area contributed by atoms with Crippen LogP contribution in [0.15, 0.2) is 66.4 Å². The summed E-state index contributed by atoms with van der Waals surface area (Å²) in [6.07, 6.45) is -0.488. The summed E-state index contributed by atoms with van der Waals surface area (Å²) in [4.78, 5) is 25.0. The second-order valence-electron chi connectivity index (χ2n) is 5.22. The molecule has 0 saturated heterocycles. The normalized spacial score (nSPS) is 17.9. The first-order chi connectivity index (χ1) is 11.2. The van der Waals surface area contributed by atoms with Crippen molar-refractivity contribution in [1.29, 1.82) is 0 Å². The predicted octanol–water partition coefficient (Wildman–Crippen LogP) is 2.78. The van der Waals surface area contributed by atoms with Crippen molar-refractivity contribution in [3.05, 3.63) is 77.5 Å². The fraction of sp³-hybridized carbons (Fsp3) is 0.158. The number of rotatable bonds is 4. The summed E-state index contributed by atoms with van der Waals surface area (Å²) in [5, 5.41) is 0. The van der Waals surface area contributed by atoms with Gasteiger partial charge in [-0.05, 0) is 11.1 Å². The number of hydrogen-bond acceptors (Lipinski definition) is 4. The van der Waals surface area contributed by atoms with Crippen LogP contribution in [0.3, 0.4) is 0 Å². The molecule has 1 atom stereocenters. The summed E-state index contributed by atoms with van der Waals surface area (Å²) in [5.41, 5.74) is 1.88. The number of ether oxygens (including phenoxy) is 2. The van der Waals surface area contributed by atoms with E-state index in [1.165, 1.54) is 7.11 Å². The van der Waals surface area contributed by atoms with Crippen molar-refractivity contribution < 1.29 is 19.1 Å². The molecule has 0 amide bonds. The highest BCUT2D eigenvalue weighted by Gasteiger charge is 2.38. The van der Waals surface area contributed by atoms with Gasteiger partial charge in [0.15, 0.2) is 6.10 Å². The smallest absolute Gasteiger partial charge is 0.375 e. The molecule has 1 unspecified atom stereocenters. The Bertz CT molecular complexity index is 747. The van der Waals surface area contributed by atoms with Gasteiger partial charge in [0.05, 0.1) is 12.7 Å². The van der Waals surface area contributed by atoms with E-state index in [9.17, 15) is 9.59 Å². The van der Waals surface area contributed by atoms with Gasteiger partial charge in [0.25, 0.3) is 0 Å². The number of carbonyl (C=O) groups excluding carboxylic acids is 2. The molecule has 1 aliphatic heterocycles. The number of Topliss-reactive ketones (excluding diaryl/α,β-unsaturated/α-hetero) is 1. The number of benzene rings is 2. The maximum absolute atomic E-state index is 12.8. The summed E-state index contributed by atoms with van der Waals surface area (Å²) in [5.74, 6) is -0.881. The molecule has 4 heteroatoms. The van der Waals surface area contributed by atoms with E-state index in [-0.39, 0.29) is 17.1 Å². The molecule has 0 N–H and O–H groups in total. The zero-order valence-electron chi connectivity index (χ0n) is 12.7. The van der Waals surface area contributed by atoms with Gasteiger partial charge in [-0.2, -0.15) is 0 Å². The Morgan fingerprint density at radius 3 is 2.17 bits per heavy atom. The van der Waals surface area contributed by atoms with Crippen LogP contribution in [-0.4, -0.2) is 25.0 Å². The Labute approximate surface area is 134 Å². The first-order valence-corrected chi connectivity index (χ1v) is 7.33. The van der Waals surface area contributed by atoms with Crippen molar-refractivity contribution in [2.45, 2.75) is 12.5 Å². The van der Waals surface area contributed by atoms with Crippen molar-refractivity contribution >= 4 is 17.3 Å². The first kappa shape index (κ1) is 15.0. The molecule has 2 aromatic rings. The number of carbonyl (C=O) groups is 2. The monoisotopic (exact) mass is 308 g/mol. The van der Waals surface area contributed by atoms with Crippen molar-refractivity contribution in [3.8, 4) is 0 Å². The molecule has 23 heavy (non-hydrogen) atoms. The maximum Gasteiger partial charge on any atom is 0.375 e. The summed E-state index contributed by atoms with van der Waals surface area (Å²) < 4.78 is 10.4. The minimum absolute atomic E-state index is 0.0366. The van der Waals surface area contributed by atoms with Crippen LogP contribution >= 0.6 is 0 Å². The lowest BCUT2D eigenvalue weighted by Crippen LogP contribution is -2.37. The van der Waals surface area contributed by atoms with Gasteiger partial charge < -0.3 is 9.47 Å². The third-order valence-corrected chi connectivity index (χ3v) is 3.73. The molecule has 0 bridgehead atoms. The fourth-order valence-corrected chi connectivity index (χ4v) is 2.64. The topological polar surface area (TPSA) is 52.6 Å². The lowest BCUT2D eigenvalue weighted by Gasteiger charge is -2.25. The minimum Gasteiger partial charge on any atom is -0.489 e. The molecule has 3 rings (SSSR count). The van der Waals surface area contributed by atoms with Gasteiger partial charge in [0.2, 0.25) is 11.5 Å². The molecule has 0 radical (unpaired) electrons. The van der Waals surface area contributed by atoms with Crippen molar-refractivity contribution in [1.82, 2.24) is 0 Å². The zero-order chi connectivity index (χ0) is 16.2. The summed E-state index contributed by atoms with van der Waals surface area (Å²) in [7, 11) is 1.37. The largest absolute Gasteiger partial charge is 0.489 e. The second-order valence-corrected chi connectivity index (χ2v) is 5.22. The maximum atomic E-state index is 12.8. The van der Waals surface area contributed by atoms with Gasteiger partial charge in [0, 0.05) is 6.42 Å². The van der Waals surface area contributed by atoms with E-state index in [0.717, 1.165) is 5.56 Å². The SMILES string of the molecule is COC1=C(c2ccccc2)C(=O)C(Cc2ccccc2)OC1=O. The first-order valence-electron chi connectivity index (χ1n) is 7.33. The minimum atomic E-state index is -0.834. The predicted molar refractivity (Wildman–Crippen MR) is 85.4 cm³/mol. The highest BCUT2D eigenvalue weighted by atomic mass is 16.6. The molecular formula is C19H16O4. The fourth-order valence-electron chi connectivity index (χ4n) is 2.64. The van der Waals surface area contributed by atoms with Crippen LogP contribution in [-0.2, 0) is 25.5 Å². The number of methoxy groups -OCH3 is 1. The summed E-state index contributed by atoms with van der Waals surface area (Å²) >= 11 is 0. The second kappa shape index (κ2) is 6.48. The third-order valence-electron chi connectivity index (χ3n) is 3.73. The standard InChI is InChI=1S/C19H16O4/c1-22-18-16(14-10-6-3-7-11-14)17(20)15(23-19(18)21)12-13-8-4-2-5-9-13/h2-11,15H,12H2,1H3. The molecule has 4 nitrogen and oxygen atoms in total. The Hall–Kier alpha value is -2.88. The lowest BCUT2D eigenvalue weighted by molar-refractivity contribution is -0.154. The molecule has 0 saturated carbocycles. The molecule has 0 aliphatic carbocycles. The van der Waals surface area contributed by atoms with E-state index < -0.39 is 12.1 Å². The molecule has 116 valence electrons. The number of hydrogen-bond donors (Lipinski definition) is 0. The van der Waals surface area contributed by atoms with Crippen LogP contribution < -0.4 is 0 Å². The number of ketones is 1. The average Bonchev–Trinajstić information content (AvgIpc) is 2.59. The van der Waals surface area contributed by atoms with Gasteiger partial charge in [-0.15, -0.1) is 0 Å². The quantitative estimate of drug-likeness (QED) is 0.815. The molecule has 1 heterocycles. The van der Waals surface area contributed by atoms with E-state index in [1.54, 1.807) is 12.1 Å². The Morgan fingerprint density at radius 1 is 0.957 bits per heavy atom. The van der Waals surface area contributed by atoms with Gasteiger partial charge >= 0.3 is 5.97 Å². The van der Waals surface area contributed by atoms with Crippen molar-refractivity contribution in [2.24, 2.45) is 0 Å². The highest BCUT2D eigenvalue weighted by Crippen LogP contribution is 2.29. The van der Waals surface area contributed by atoms with Gasteiger partial charge in [-0.25, -0.2) is 4.79 Å². The van der Waals surface area contributed by atoms with Crippen LogP contribution in [0.2, 0.25) is 0 Å². The molecule has 2 aromatic carbocycles. The molecule has 0 spiro atoms. The molecular weight excluding hydrogens is 292 g/mol. The zero-order valence-corrected chi connectivity index (χ0v) is 12.7. The van der Waals surface area contributed by atoms with E-state index >= 15 is 0 Å². The Balaban J connectivity index is 1.98. The molecule has 1 aliphatic rings. The van der Waals surface area contributed by atoms with E-state index in [1.807, 2.05) is 48.5 Å².